The second-order valence-corrected chi connectivity index (χ2v) is 5.30. The van der Waals surface area contributed by atoms with Crippen LogP contribution >= 0.6 is 0 Å². The van der Waals surface area contributed by atoms with Gasteiger partial charge in [-0.2, -0.15) is 0 Å². The van der Waals surface area contributed by atoms with Crippen LogP contribution in [-0.4, -0.2) is 5.78 Å². The van der Waals surface area contributed by atoms with Gasteiger partial charge in [0.05, 0.1) is 5.41 Å². The first-order valence-corrected chi connectivity index (χ1v) is 6.92. The van der Waals surface area contributed by atoms with Crippen LogP contribution in [0.4, 0.5) is 0 Å². The number of Topliss-reactive ketones (excluding diaryl/α,β-unsaturated/α-hetero) is 1. The van der Waals surface area contributed by atoms with E-state index in [0.29, 0.717) is 0 Å². The molecule has 1 heteroatoms. The molecule has 1 aliphatic carbocycles. The van der Waals surface area contributed by atoms with Crippen LogP contribution in [0.2, 0.25) is 0 Å². The van der Waals surface area contributed by atoms with Crippen molar-refractivity contribution in [2.75, 3.05) is 0 Å². The molecule has 0 spiro atoms. The first-order chi connectivity index (χ1) is 9.21. The minimum absolute atomic E-state index is 0.256. The topological polar surface area (TPSA) is 17.1 Å². The van der Waals surface area contributed by atoms with Gasteiger partial charge in [-0.05, 0) is 35.6 Å². The molecule has 2 aromatic carbocycles. The molecule has 0 fully saturated rings. The fraction of sp³-hybridized carbons (Fsp3) is 0.278. The molecule has 0 amide bonds. The molecule has 1 aliphatic rings. The zero-order valence-corrected chi connectivity index (χ0v) is 11.4. The zero-order valence-electron chi connectivity index (χ0n) is 11.4. The van der Waals surface area contributed by atoms with Crippen LogP contribution in [0.25, 0.3) is 11.1 Å². The van der Waals surface area contributed by atoms with Crippen molar-refractivity contribution in [1.29, 1.82) is 0 Å². The Kier molecular flexibility index (Phi) is 2.78. The summed E-state index contributed by atoms with van der Waals surface area (Å²) in [5.74, 6) is 0.256. The molecule has 3 rings (SSSR count). The fourth-order valence-electron chi connectivity index (χ4n) is 3.53. The van der Waals surface area contributed by atoms with Crippen LogP contribution in [0.3, 0.4) is 0 Å². The Labute approximate surface area is 114 Å². The highest BCUT2D eigenvalue weighted by Gasteiger charge is 2.45. The monoisotopic (exact) mass is 250 g/mol. The van der Waals surface area contributed by atoms with Crippen molar-refractivity contribution < 1.29 is 4.79 Å². The summed E-state index contributed by atoms with van der Waals surface area (Å²) in [5.41, 5.74) is 4.39. The zero-order chi connectivity index (χ0) is 13.5. The summed E-state index contributed by atoms with van der Waals surface area (Å²) in [4.78, 5) is 12.5. The molecule has 0 bridgehead atoms. The van der Waals surface area contributed by atoms with E-state index in [1.807, 2.05) is 12.1 Å². The summed E-state index contributed by atoms with van der Waals surface area (Å²) in [6, 6.07) is 16.7. The number of ketones is 1. The summed E-state index contributed by atoms with van der Waals surface area (Å²) in [6.07, 6.45) is 1.89. The Hall–Kier alpha value is -1.89. The maximum absolute atomic E-state index is 12.5. The van der Waals surface area contributed by atoms with Crippen LogP contribution < -0.4 is 0 Å². The largest absolute Gasteiger partial charge is 0.299 e. The van der Waals surface area contributed by atoms with Crippen LogP contribution in [0.1, 0.15) is 37.8 Å². The van der Waals surface area contributed by atoms with Gasteiger partial charge in [0.1, 0.15) is 5.78 Å². The van der Waals surface area contributed by atoms with E-state index in [-0.39, 0.29) is 5.78 Å². The van der Waals surface area contributed by atoms with Gasteiger partial charge < -0.3 is 0 Å². The summed E-state index contributed by atoms with van der Waals surface area (Å²) in [5, 5.41) is 0. The molecule has 2 aromatic rings. The number of hydrogen-bond acceptors (Lipinski definition) is 1. The standard InChI is InChI=1S/C18H18O/c1-3-12-18(13(2)19)16-10-6-4-8-14(16)15-9-5-7-11-17(15)18/h4-11H,3,12H2,1-2H3. The number of fused-ring (bicyclic) bond motifs is 3. The fourth-order valence-corrected chi connectivity index (χ4v) is 3.53. The molecule has 0 aromatic heterocycles. The Morgan fingerprint density at radius 3 is 1.84 bits per heavy atom. The Morgan fingerprint density at radius 1 is 0.947 bits per heavy atom. The van der Waals surface area contributed by atoms with Crippen molar-refractivity contribution in [3.63, 3.8) is 0 Å². The van der Waals surface area contributed by atoms with E-state index in [1.165, 1.54) is 22.3 Å². The third-order valence-corrected chi connectivity index (χ3v) is 4.29. The van der Waals surface area contributed by atoms with E-state index < -0.39 is 5.41 Å². The van der Waals surface area contributed by atoms with Gasteiger partial charge >= 0.3 is 0 Å². The maximum atomic E-state index is 12.5. The third-order valence-electron chi connectivity index (χ3n) is 4.29. The predicted octanol–water partition coefficient (Wildman–Crippen LogP) is 4.34. The lowest BCUT2D eigenvalue weighted by Crippen LogP contribution is -2.33. The van der Waals surface area contributed by atoms with Crippen molar-refractivity contribution in [2.24, 2.45) is 0 Å². The van der Waals surface area contributed by atoms with Crippen LogP contribution in [0.15, 0.2) is 48.5 Å². The van der Waals surface area contributed by atoms with Crippen molar-refractivity contribution in [2.45, 2.75) is 32.1 Å². The molecule has 19 heavy (non-hydrogen) atoms. The first kappa shape index (κ1) is 12.2. The summed E-state index contributed by atoms with van der Waals surface area (Å²) in [7, 11) is 0. The molecule has 0 saturated heterocycles. The second kappa shape index (κ2) is 4.34. The van der Waals surface area contributed by atoms with Gasteiger partial charge in [0.2, 0.25) is 0 Å². The first-order valence-electron chi connectivity index (χ1n) is 6.92. The molecular formula is C18H18O. The third kappa shape index (κ3) is 1.51. The van der Waals surface area contributed by atoms with Crippen molar-refractivity contribution in [3.05, 3.63) is 59.7 Å². The molecule has 1 nitrogen and oxygen atoms in total. The summed E-state index contributed by atoms with van der Waals surface area (Å²) >= 11 is 0. The number of hydrogen-bond donors (Lipinski definition) is 0. The quantitative estimate of drug-likeness (QED) is 0.791. The maximum Gasteiger partial charge on any atom is 0.144 e. The molecule has 0 unspecified atom stereocenters. The van der Waals surface area contributed by atoms with E-state index in [1.54, 1.807) is 6.92 Å². The van der Waals surface area contributed by atoms with Crippen molar-refractivity contribution >= 4 is 5.78 Å². The van der Waals surface area contributed by atoms with Gasteiger partial charge in [-0.3, -0.25) is 4.79 Å². The normalized spacial score (nSPS) is 14.8. The van der Waals surface area contributed by atoms with Gasteiger partial charge in [0, 0.05) is 0 Å². The van der Waals surface area contributed by atoms with Crippen LogP contribution in [0, 0.1) is 0 Å². The number of benzene rings is 2. The lowest BCUT2D eigenvalue weighted by Gasteiger charge is -2.28. The molecule has 96 valence electrons. The number of carbonyl (C=O) groups excluding carboxylic acids is 1. The summed E-state index contributed by atoms with van der Waals surface area (Å²) in [6.45, 7) is 3.88. The highest BCUT2D eigenvalue weighted by Crippen LogP contribution is 2.51. The molecule has 0 radical (unpaired) electrons. The van der Waals surface area contributed by atoms with E-state index in [0.717, 1.165) is 12.8 Å². The highest BCUT2D eigenvalue weighted by atomic mass is 16.1. The van der Waals surface area contributed by atoms with Gasteiger partial charge in [-0.1, -0.05) is 61.9 Å². The van der Waals surface area contributed by atoms with Crippen LogP contribution in [-0.2, 0) is 10.2 Å². The lowest BCUT2D eigenvalue weighted by molar-refractivity contribution is -0.121. The Morgan fingerprint density at radius 2 is 1.42 bits per heavy atom. The number of carbonyl (C=O) groups is 1. The average molecular weight is 250 g/mol. The Bertz CT molecular complexity index is 594. The van der Waals surface area contributed by atoms with E-state index in [4.69, 9.17) is 0 Å². The van der Waals surface area contributed by atoms with Crippen molar-refractivity contribution in [1.82, 2.24) is 0 Å². The highest BCUT2D eigenvalue weighted by molar-refractivity contribution is 6.00. The smallest absolute Gasteiger partial charge is 0.144 e. The molecule has 0 heterocycles. The second-order valence-electron chi connectivity index (χ2n) is 5.30. The average Bonchev–Trinajstić information content (AvgIpc) is 2.72. The van der Waals surface area contributed by atoms with Gasteiger partial charge in [-0.15, -0.1) is 0 Å². The molecule has 0 atom stereocenters. The van der Waals surface area contributed by atoms with Gasteiger partial charge in [0.15, 0.2) is 0 Å². The summed E-state index contributed by atoms with van der Waals surface area (Å²) < 4.78 is 0. The Balaban J connectivity index is 2.38. The molecular weight excluding hydrogens is 232 g/mol. The van der Waals surface area contributed by atoms with E-state index in [9.17, 15) is 4.79 Å². The lowest BCUT2D eigenvalue weighted by atomic mass is 9.72. The minimum atomic E-state index is -0.429. The SMILES string of the molecule is CCCC1(C(C)=O)c2ccccc2-c2ccccc21. The minimum Gasteiger partial charge on any atom is -0.299 e. The van der Waals surface area contributed by atoms with E-state index in [2.05, 4.69) is 43.3 Å². The van der Waals surface area contributed by atoms with Crippen LogP contribution in [0.5, 0.6) is 0 Å². The van der Waals surface area contributed by atoms with E-state index >= 15 is 0 Å². The molecule has 0 aliphatic heterocycles. The van der Waals surface area contributed by atoms with Crippen molar-refractivity contribution in [3.8, 4) is 11.1 Å². The number of rotatable bonds is 3. The van der Waals surface area contributed by atoms with Gasteiger partial charge in [-0.25, -0.2) is 0 Å². The molecule has 0 saturated carbocycles. The van der Waals surface area contributed by atoms with Gasteiger partial charge in [0.25, 0.3) is 0 Å². The molecule has 0 N–H and O–H groups in total. The predicted molar refractivity (Wildman–Crippen MR) is 78.2 cm³/mol.